The summed E-state index contributed by atoms with van der Waals surface area (Å²) in [5.41, 5.74) is 0. The summed E-state index contributed by atoms with van der Waals surface area (Å²) >= 11 is 1.65. The molecule has 0 saturated heterocycles. The minimum Gasteiger partial charge on any atom is -0.360 e. The van der Waals surface area contributed by atoms with E-state index in [0.717, 1.165) is 10.8 Å². The van der Waals surface area contributed by atoms with Crippen molar-refractivity contribution in [2.75, 3.05) is 5.32 Å². The van der Waals surface area contributed by atoms with Crippen LogP contribution in [0.5, 0.6) is 0 Å². The topological polar surface area (TPSA) is 42.7 Å². The highest BCUT2D eigenvalue weighted by Gasteiger charge is 2.08. The van der Waals surface area contributed by atoms with E-state index in [-0.39, 0.29) is 6.04 Å². The van der Waals surface area contributed by atoms with Gasteiger partial charge in [-0.2, -0.15) is 5.10 Å². The summed E-state index contributed by atoms with van der Waals surface area (Å²) in [6.07, 6.45) is 3.73. The van der Waals surface area contributed by atoms with Gasteiger partial charge in [0.05, 0.1) is 6.04 Å². The van der Waals surface area contributed by atoms with Gasteiger partial charge in [-0.3, -0.25) is 4.68 Å². The van der Waals surface area contributed by atoms with Crippen LogP contribution in [0.2, 0.25) is 0 Å². The molecule has 0 bridgehead atoms. The Kier molecular flexibility index (Phi) is 2.49. The molecule has 1 N–H and O–H groups in total. The number of rotatable bonds is 3. The van der Waals surface area contributed by atoms with Crippen molar-refractivity contribution in [3.05, 3.63) is 28.8 Å². The molecule has 4 nitrogen and oxygen atoms in total. The number of thiazole rings is 1. The molecule has 0 amide bonds. The lowest BCUT2D eigenvalue weighted by Gasteiger charge is -2.09. The predicted molar refractivity (Wildman–Crippen MR) is 57.4 cm³/mol. The average molecular weight is 208 g/mol. The van der Waals surface area contributed by atoms with Crippen LogP contribution in [0.4, 0.5) is 5.82 Å². The fraction of sp³-hybridized carbons (Fsp3) is 0.333. The van der Waals surface area contributed by atoms with Gasteiger partial charge < -0.3 is 5.32 Å². The summed E-state index contributed by atoms with van der Waals surface area (Å²) in [5.74, 6) is 0.884. The molecule has 0 spiro atoms. The molecule has 2 rings (SSSR count). The van der Waals surface area contributed by atoms with Gasteiger partial charge in [-0.1, -0.05) is 0 Å². The summed E-state index contributed by atoms with van der Waals surface area (Å²) in [5, 5.41) is 10.6. The maximum absolute atomic E-state index is 4.24. The maximum atomic E-state index is 4.24. The van der Waals surface area contributed by atoms with Crippen LogP contribution in [-0.4, -0.2) is 14.8 Å². The van der Waals surface area contributed by atoms with E-state index in [9.17, 15) is 0 Å². The number of hydrogen-bond acceptors (Lipinski definition) is 4. The summed E-state index contributed by atoms with van der Waals surface area (Å²) < 4.78 is 1.77. The van der Waals surface area contributed by atoms with Crippen molar-refractivity contribution in [1.29, 1.82) is 0 Å². The Morgan fingerprint density at radius 1 is 1.57 bits per heavy atom. The first-order valence-corrected chi connectivity index (χ1v) is 5.29. The molecule has 2 aromatic heterocycles. The zero-order valence-corrected chi connectivity index (χ0v) is 8.95. The Morgan fingerprint density at radius 3 is 3.00 bits per heavy atom. The van der Waals surface area contributed by atoms with Gasteiger partial charge in [0.25, 0.3) is 0 Å². The molecular weight excluding hydrogens is 196 g/mol. The number of hydrogen-bond donors (Lipinski definition) is 1. The number of anilines is 1. The molecule has 0 aliphatic carbocycles. The normalized spacial score (nSPS) is 12.7. The summed E-state index contributed by atoms with van der Waals surface area (Å²) in [7, 11) is 1.90. The monoisotopic (exact) mass is 208 g/mol. The molecule has 5 heteroatoms. The lowest BCUT2D eigenvalue weighted by molar-refractivity contribution is 0.759. The fourth-order valence-corrected chi connectivity index (χ4v) is 1.87. The van der Waals surface area contributed by atoms with E-state index in [1.54, 1.807) is 16.0 Å². The SMILES string of the molecule is CC(Nc1ccn(C)n1)c1nccs1. The first-order chi connectivity index (χ1) is 6.75. The molecular formula is C9H12N4S. The van der Waals surface area contributed by atoms with Crippen LogP contribution in [0.3, 0.4) is 0 Å². The number of nitrogens with zero attached hydrogens (tertiary/aromatic N) is 3. The van der Waals surface area contributed by atoms with E-state index in [1.807, 2.05) is 30.9 Å². The van der Waals surface area contributed by atoms with E-state index in [2.05, 4.69) is 22.3 Å². The largest absolute Gasteiger partial charge is 0.360 e. The van der Waals surface area contributed by atoms with Crippen LogP contribution < -0.4 is 5.32 Å². The Labute approximate surface area is 86.6 Å². The van der Waals surface area contributed by atoms with Gasteiger partial charge in [0.15, 0.2) is 0 Å². The van der Waals surface area contributed by atoms with Gasteiger partial charge in [0, 0.05) is 30.9 Å². The van der Waals surface area contributed by atoms with Gasteiger partial charge >= 0.3 is 0 Å². The fourth-order valence-electron chi connectivity index (χ4n) is 1.22. The molecule has 0 radical (unpaired) electrons. The zero-order valence-electron chi connectivity index (χ0n) is 8.14. The first kappa shape index (κ1) is 9.21. The van der Waals surface area contributed by atoms with E-state index in [1.165, 1.54) is 0 Å². The minimum absolute atomic E-state index is 0.213. The molecule has 0 aliphatic rings. The second-order valence-corrected chi connectivity index (χ2v) is 4.04. The van der Waals surface area contributed by atoms with Crippen LogP contribution in [0.25, 0.3) is 0 Å². The predicted octanol–water partition coefficient (Wildman–Crippen LogP) is 2.05. The summed E-state index contributed by atoms with van der Waals surface area (Å²) in [6.45, 7) is 2.08. The molecule has 1 atom stereocenters. The highest BCUT2D eigenvalue weighted by Crippen LogP contribution is 2.19. The van der Waals surface area contributed by atoms with E-state index >= 15 is 0 Å². The van der Waals surface area contributed by atoms with Crippen molar-refractivity contribution in [3.63, 3.8) is 0 Å². The van der Waals surface area contributed by atoms with Gasteiger partial charge in [0.1, 0.15) is 10.8 Å². The lowest BCUT2D eigenvalue weighted by Crippen LogP contribution is -2.06. The Morgan fingerprint density at radius 2 is 2.43 bits per heavy atom. The summed E-state index contributed by atoms with van der Waals surface area (Å²) in [6, 6.07) is 2.16. The second-order valence-electron chi connectivity index (χ2n) is 3.11. The lowest BCUT2D eigenvalue weighted by atomic mass is 10.3. The van der Waals surface area contributed by atoms with E-state index in [0.29, 0.717) is 0 Å². The average Bonchev–Trinajstić information content (AvgIpc) is 2.75. The molecule has 2 heterocycles. The van der Waals surface area contributed by atoms with Gasteiger partial charge in [-0.15, -0.1) is 11.3 Å². The van der Waals surface area contributed by atoms with Crippen molar-refractivity contribution in [3.8, 4) is 0 Å². The van der Waals surface area contributed by atoms with Crippen LogP contribution in [0.1, 0.15) is 18.0 Å². The van der Waals surface area contributed by atoms with Crippen molar-refractivity contribution < 1.29 is 0 Å². The second kappa shape index (κ2) is 3.79. The molecule has 0 fully saturated rings. The molecule has 0 aromatic carbocycles. The number of nitrogens with one attached hydrogen (secondary N) is 1. The quantitative estimate of drug-likeness (QED) is 0.839. The number of aromatic nitrogens is 3. The zero-order chi connectivity index (χ0) is 9.97. The van der Waals surface area contributed by atoms with Crippen molar-refractivity contribution >= 4 is 17.2 Å². The van der Waals surface area contributed by atoms with Crippen molar-refractivity contribution in [2.45, 2.75) is 13.0 Å². The smallest absolute Gasteiger partial charge is 0.148 e. The van der Waals surface area contributed by atoms with E-state index in [4.69, 9.17) is 0 Å². The third kappa shape index (κ3) is 1.93. The molecule has 2 aromatic rings. The van der Waals surface area contributed by atoms with Crippen LogP contribution in [0, 0.1) is 0 Å². The third-order valence-electron chi connectivity index (χ3n) is 1.90. The first-order valence-electron chi connectivity index (χ1n) is 4.41. The van der Waals surface area contributed by atoms with Crippen LogP contribution in [-0.2, 0) is 7.05 Å². The molecule has 74 valence electrons. The highest BCUT2D eigenvalue weighted by molar-refractivity contribution is 7.09. The van der Waals surface area contributed by atoms with Gasteiger partial charge in [0.2, 0.25) is 0 Å². The third-order valence-corrected chi connectivity index (χ3v) is 2.86. The standard InChI is InChI=1S/C9H12N4S/c1-7(9-10-4-6-14-9)11-8-3-5-13(2)12-8/h3-7H,1-2H3,(H,11,12). The van der Waals surface area contributed by atoms with Gasteiger partial charge in [-0.05, 0) is 6.92 Å². The molecule has 0 saturated carbocycles. The number of aryl methyl sites for hydroxylation is 1. The van der Waals surface area contributed by atoms with Crippen LogP contribution >= 0.6 is 11.3 Å². The Balaban J connectivity index is 2.05. The highest BCUT2D eigenvalue weighted by atomic mass is 32.1. The Hall–Kier alpha value is -1.36. The van der Waals surface area contributed by atoms with Crippen molar-refractivity contribution in [1.82, 2.24) is 14.8 Å². The van der Waals surface area contributed by atoms with Crippen molar-refractivity contribution in [2.24, 2.45) is 7.05 Å². The Bertz CT molecular complexity index is 393. The maximum Gasteiger partial charge on any atom is 0.148 e. The molecule has 14 heavy (non-hydrogen) atoms. The summed E-state index contributed by atoms with van der Waals surface area (Å²) in [4.78, 5) is 4.24. The molecule has 1 unspecified atom stereocenters. The molecule has 0 aliphatic heterocycles. The van der Waals surface area contributed by atoms with E-state index < -0.39 is 0 Å². The van der Waals surface area contributed by atoms with Crippen LogP contribution in [0.15, 0.2) is 23.8 Å². The van der Waals surface area contributed by atoms with Gasteiger partial charge in [-0.25, -0.2) is 4.98 Å². The minimum atomic E-state index is 0.213.